The van der Waals surface area contributed by atoms with E-state index in [1.165, 1.54) is 0 Å². The van der Waals surface area contributed by atoms with E-state index in [4.69, 9.17) is 5.26 Å². The largest absolute Gasteiger partial charge is 0.351 e. The average molecular weight is 244 g/mol. The van der Waals surface area contributed by atoms with Crippen molar-refractivity contribution in [3.8, 4) is 6.07 Å². The maximum absolute atomic E-state index is 11.7. The van der Waals surface area contributed by atoms with Gasteiger partial charge in [-0.25, -0.2) is 8.42 Å². The lowest BCUT2D eigenvalue weighted by molar-refractivity contribution is -0.124. The maximum Gasteiger partial charge on any atom is 0.237 e. The fourth-order valence-electron chi connectivity index (χ4n) is 1.71. The Morgan fingerprint density at radius 1 is 1.50 bits per heavy atom. The van der Waals surface area contributed by atoms with Gasteiger partial charge < -0.3 is 5.32 Å². The molecule has 1 heterocycles. The first-order chi connectivity index (χ1) is 7.35. The van der Waals surface area contributed by atoms with Gasteiger partial charge in [0, 0.05) is 6.04 Å². The Balaban J connectivity index is 2.56. The number of nitrogens with zero attached hydrogens (tertiary/aromatic N) is 1. The molecule has 2 atom stereocenters. The second kappa shape index (κ2) is 4.83. The lowest BCUT2D eigenvalue weighted by Gasteiger charge is -2.16. The van der Waals surface area contributed by atoms with Crippen molar-refractivity contribution in [2.24, 2.45) is 11.8 Å². The van der Waals surface area contributed by atoms with Crippen molar-refractivity contribution < 1.29 is 13.2 Å². The van der Waals surface area contributed by atoms with E-state index in [1.807, 2.05) is 6.07 Å². The SMILES string of the molecule is CC(C)C(C#N)C(=O)NC1CCS(=O)(=O)C1. The highest BCUT2D eigenvalue weighted by Crippen LogP contribution is 2.14. The number of amides is 1. The van der Waals surface area contributed by atoms with Crippen LogP contribution >= 0.6 is 0 Å². The lowest BCUT2D eigenvalue weighted by Crippen LogP contribution is -2.40. The minimum Gasteiger partial charge on any atom is -0.351 e. The summed E-state index contributed by atoms with van der Waals surface area (Å²) in [6.45, 7) is 3.58. The van der Waals surface area contributed by atoms with E-state index < -0.39 is 15.8 Å². The molecule has 6 heteroatoms. The molecule has 90 valence electrons. The number of sulfone groups is 1. The minimum atomic E-state index is -2.99. The smallest absolute Gasteiger partial charge is 0.237 e. The molecule has 0 aromatic heterocycles. The Hall–Kier alpha value is -1.09. The molecule has 1 saturated heterocycles. The summed E-state index contributed by atoms with van der Waals surface area (Å²) in [7, 11) is -2.99. The molecule has 0 aliphatic carbocycles. The third-order valence-corrected chi connectivity index (χ3v) is 4.43. The van der Waals surface area contributed by atoms with Crippen LogP contribution in [-0.2, 0) is 14.6 Å². The molecule has 1 rings (SSSR count). The Morgan fingerprint density at radius 3 is 2.50 bits per heavy atom. The zero-order chi connectivity index (χ0) is 12.3. The summed E-state index contributed by atoms with van der Waals surface area (Å²) in [6, 6.07) is 1.61. The molecule has 0 aromatic carbocycles. The predicted octanol–water partition coefficient (Wildman–Crippen LogP) is 0.0855. The normalized spacial score (nSPS) is 25.0. The first-order valence-corrected chi connectivity index (χ1v) is 7.08. The predicted molar refractivity (Wildman–Crippen MR) is 59.1 cm³/mol. The number of carbonyl (C=O) groups is 1. The van der Waals surface area contributed by atoms with E-state index in [2.05, 4.69) is 5.32 Å². The molecule has 1 aliphatic heterocycles. The van der Waals surface area contributed by atoms with Crippen molar-refractivity contribution in [1.29, 1.82) is 5.26 Å². The lowest BCUT2D eigenvalue weighted by atomic mass is 9.96. The summed E-state index contributed by atoms with van der Waals surface area (Å²) in [4.78, 5) is 11.7. The van der Waals surface area contributed by atoms with Crippen LogP contribution < -0.4 is 5.32 Å². The van der Waals surface area contributed by atoms with Crippen LogP contribution in [0.25, 0.3) is 0 Å². The maximum atomic E-state index is 11.7. The highest BCUT2D eigenvalue weighted by atomic mass is 32.2. The molecule has 0 bridgehead atoms. The van der Waals surface area contributed by atoms with Crippen molar-refractivity contribution in [3.63, 3.8) is 0 Å². The minimum absolute atomic E-state index is 0.00498. The number of hydrogen-bond donors (Lipinski definition) is 1. The average Bonchev–Trinajstić information content (AvgIpc) is 2.45. The Morgan fingerprint density at radius 2 is 2.12 bits per heavy atom. The summed E-state index contributed by atoms with van der Waals surface area (Å²) >= 11 is 0. The second-order valence-electron chi connectivity index (χ2n) is 4.46. The van der Waals surface area contributed by atoms with Crippen molar-refractivity contribution in [1.82, 2.24) is 5.32 Å². The highest BCUT2D eigenvalue weighted by Gasteiger charge is 2.31. The van der Waals surface area contributed by atoms with Gasteiger partial charge in [0.15, 0.2) is 9.84 Å². The molecule has 1 aliphatic rings. The van der Waals surface area contributed by atoms with Crippen molar-refractivity contribution >= 4 is 15.7 Å². The monoisotopic (exact) mass is 244 g/mol. The Kier molecular flexibility index (Phi) is 3.92. The molecule has 1 N–H and O–H groups in total. The van der Waals surface area contributed by atoms with Gasteiger partial charge in [-0.15, -0.1) is 0 Å². The van der Waals surface area contributed by atoms with Crippen LogP contribution in [0, 0.1) is 23.2 Å². The number of rotatable bonds is 3. The van der Waals surface area contributed by atoms with Gasteiger partial charge in [0.25, 0.3) is 0 Å². The topological polar surface area (TPSA) is 87.0 Å². The van der Waals surface area contributed by atoms with E-state index in [0.29, 0.717) is 6.42 Å². The summed E-state index contributed by atoms with van der Waals surface area (Å²) in [5.41, 5.74) is 0. The van der Waals surface area contributed by atoms with E-state index in [0.717, 1.165) is 0 Å². The van der Waals surface area contributed by atoms with E-state index in [9.17, 15) is 13.2 Å². The van der Waals surface area contributed by atoms with Crippen LogP contribution in [0.15, 0.2) is 0 Å². The Labute approximate surface area is 95.7 Å². The van der Waals surface area contributed by atoms with Crippen LogP contribution in [0.1, 0.15) is 20.3 Å². The van der Waals surface area contributed by atoms with Crippen molar-refractivity contribution in [3.05, 3.63) is 0 Å². The standard InChI is InChI=1S/C10H16N2O3S/c1-7(2)9(5-11)10(13)12-8-3-4-16(14,15)6-8/h7-9H,3-4,6H2,1-2H3,(H,12,13). The molecule has 5 nitrogen and oxygen atoms in total. The van der Waals surface area contributed by atoms with Gasteiger partial charge >= 0.3 is 0 Å². The molecule has 0 spiro atoms. The van der Waals surface area contributed by atoms with Crippen LogP contribution in [0.3, 0.4) is 0 Å². The number of nitriles is 1. The van der Waals surface area contributed by atoms with E-state index in [1.54, 1.807) is 13.8 Å². The Bertz CT molecular complexity index is 408. The fraction of sp³-hybridized carbons (Fsp3) is 0.800. The quantitative estimate of drug-likeness (QED) is 0.762. The third-order valence-electron chi connectivity index (χ3n) is 2.67. The molecule has 0 aromatic rings. The molecule has 1 fully saturated rings. The number of carbonyl (C=O) groups excluding carboxylic acids is 1. The fourth-order valence-corrected chi connectivity index (χ4v) is 3.38. The highest BCUT2D eigenvalue weighted by molar-refractivity contribution is 7.91. The summed E-state index contributed by atoms with van der Waals surface area (Å²) in [6.07, 6.45) is 0.449. The van der Waals surface area contributed by atoms with Crippen LogP contribution in [-0.4, -0.2) is 31.9 Å². The van der Waals surface area contributed by atoms with E-state index in [-0.39, 0.29) is 29.4 Å². The summed E-state index contributed by atoms with van der Waals surface area (Å²) in [5.74, 6) is -1.02. The second-order valence-corrected chi connectivity index (χ2v) is 6.69. The summed E-state index contributed by atoms with van der Waals surface area (Å²) < 4.78 is 22.4. The molecule has 1 amide bonds. The van der Waals surface area contributed by atoms with Gasteiger partial charge in [-0.3, -0.25) is 4.79 Å². The number of nitrogens with one attached hydrogen (secondary N) is 1. The molecular weight excluding hydrogens is 228 g/mol. The molecule has 16 heavy (non-hydrogen) atoms. The molecule has 0 saturated carbocycles. The molecule has 0 radical (unpaired) electrons. The molecule has 2 unspecified atom stereocenters. The first kappa shape index (κ1) is 13.0. The van der Waals surface area contributed by atoms with Crippen LogP contribution in [0.5, 0.6) is 0 Å². The third kappa shape index (κ3) is 3.20. The van der Waals surface area contributed by atoms with Gasteiger partial charge in [0.1, 0.15) is 5.92 Å². The number of hydrogen-bond acceptors (Lipinski definition) is 4. The first-order valence-electron chi connectivity index (χ1n) is 5.26. The zero-order valence-corrected chi connectivity index (χ0v) is 10.3. The van der Waals surface area contributed by atoms with Gasteiger partial charge in [0.2, 0.25) is 5.91 Å². The van der Waals surface area contributed by atoms with Gasteiger partial charge in [-0.1, -0.05) is 13.8 Å². The van der Waals surface area contributed by atoms with Gasteiger partial charge in [-0.2, -0.15) is 5.26 Å². The van der Waals surface area contributed by atoms with Crippen LogP contribution in [0.2, 0.25) is 0 Å². The van der Waals surface area contributed by atoms with Gasteiger partial charge in [0.05, 0.1) is 17.6 Å². The van der Waals surface area contributed by atoms with Crippen molar-refractivity contribution in [2.45, 2.75) is 26.3 Å². The zero-order valence-electron chi connectivity index (χ0n) is 9.43. The molecular formula is C10H16N2O3S. The van der Waals surface area contributed by atoms with Crippen molar-refractivity contribution in [2.75, 3.05) is 11.5 Å². The van der Waals surface area contributed by atoms with Crippen LogP contribution in [0.4, 0.5) is 0 Å². The van der Waals surface area contributed by atoms with Gasteiger partial charge in [-0.05, 0) is 12.3 Å². The summed E-state index contributed by atoms with van der Waals surface area (Å²) in [5, 5.41) is 11.4. The van der Waals surface area contributed by atoms with E-state index >= 15 is 0 Å².